The highest BCUT2D eigenvalue weighted by Gasteiger charge is 2.30. The molecule has 1 aliphatic heterocycles. The van der Waals surface area contributed by atoms with Gasteiger partial charge in [-0.05, 0) is 25.1 Å². The summed E-state index contributed by atoms with van der Waals surface area (Å²) in [5.74, 6) is 0. The van der Waals surface area contributed by atoms with Gasteiger partial charge in [0.15, 0.2) is 8.32 Å². The van der Waals surface area contributed by atoms with Crippen LogP contribution < -0.4 is 0 Å². The van der Waals surface area contributed by atoms with E-state index in [4.69, 9.17) is 4.43 Å². The fourth-order valence-electron chi connectivity index (χ4n) is 1.91. The molecule has 0 spiro atoms. The Morgan fingerprint density at radius 1 is 1.17 bits per heavy atom. The molecule has 2 heteroatoms. The van der Waals surface area contributed by atoms with Gasteiger partial charge in [0.1, 0.15) is 0 Å². The van der Waals surface area contributed by atoms with Crippen molar-refractivity contribution in [3.8, 4) is 0 Å². The third kappa shape index (κ3) is 3.28. The molecule has 1 heterocycles. The van der Waals surface area contributed by atoms with E-state index < -0.39 is 8.32 Å². The topological polar surface area (TPSA) is 9.23 Å². The second-order valence-corrected chi connectivity index (χ2v) is 8.40. The molecule has 0 amide bonds. The molecule has 0 radical (unpaired) electrons. The van der Waals surface area contributed by atoms with E-state index in [9.17, 15) is 0 Å². The zero-order valence-corrected chi connectivity index (χ0v) is 9.57. The minimum absolute atomic E-state index is 1.03. The molecule has 0 bridgehead atoms. The maximum atomic E-state index is 6.05. The van der Waals surface area contributed by atoms with Crippen LogP contribution in [-0.2, 0) is 4.43 Å². The van der Waals surface area contributed by atoms with Gasteiger partial charge in [-0.15, -0.1) is 0 Å². The molecule has 0 N–H and O–H groups in total. The van der Waals surface area contributed by atoms with Crippen LogP contribution in [0.1, 0.15) is 39.0 Å². The summed E-state index contributed by atoms with van der Waals surface area (Å²) in [6, 6.07) is 2.83. The molecule has 12 heavy (non-hydrogen) atoms. The molecule has 1 rings (SSSR count). The molecule has 0 aromatic heterocycles. The highest BCUT2D eigenvalue weighted by molar-refractivity contribution is 6.72. The summed E-state index contributed by atoms with van der Waals surface area (Å²) in [6.07, 6.45) is 6.82. The second-order valence-electron chi connectivity index (χ2n) is 4.21. The zero-order chi connectivity index (χ0) is 8.86. The van der Waals surface area contributed by atoms with Crippen LogP contribution in [0.5, 0.6) is 0 Å². The van der Waals surface area contributed by atoms with Crippen LogP contribution in [0, 0.1) is 0 Å². The lowest BCUT2D eigenvalue weighted by atomic mass is 10.3. The van der Waals surface area contributed by atoms with Crippen molar-refractivity contribution in [1.29, 1.82) is 0 Å². The van der Waals surface area contributed by atoms with Crippen molar-refractivity contribution in [1.82, 2.24) is 0 Å². The normalized spacial score (nSPS) is 22.5. The monoisotopic (exact) mass is 186 g/mol. The Bertz CT molecular complexity index is 119. The summed E-state index contributed by atoms with van der Waals surface area (Å²) in [4.78, 5) is 0. The van der Waals surface area contributed by atoms with Crippen molar-refractivity contribution in [2.24, 2.45) is 0 Å². The zero-order valence-electron chi connectivity index (χ0n) is 8.57. The Balaban J connectivity index is 2.17. The molecule has 0 unspecified atom stereocenters. The third-order valence-electron chi connectivity index (χ3n) is 2.86. The Hall–Kier alpha value is 0.177. The molecule has 1 saturated heterocycles. The van der Waals surface area contributed by atoms with Gasteiger partial charge in [0.25, 0.3) is 0 Å². The second kappa shape index (κ2) is 5.03. The van der Waals surface area contributed by atoms with Gasteiger partial charge in [-0.3, -0.25) is 0 Å². The van der Waals surface area contributed by atoms with Crippen molar-refractivity contribution in [3.63, 3.8) is 0 Å². The minimum atomic E-state index is -1.17. The Morgan fingerprint density at radius 2 is 1.83 bits per heavy atom. The largest absolute Gasteiger partial charge is 0.417 e. The first-order valence-corrected chi connectivity index (χ1v) is 8.23. The Kier molecular flexibility index (Phi) is 4.30. The first-order valence-electron chi connectivity index (χ1n) is 5.41. The van der Waals surface area contributed by atoms with Crippen molar-refractivity contribution >= 4 is 8.32 Å². The fourth-order valence-corrected chi connectivity index (χ4v) is 5.08. The van der Waals surface area contributed by atoms with Gasteiger partial charge in [0.05, 0.1) is 0 Å². The van der Waals surface area contributed by atoms with E-state index in [-0.39, 0.29) is 0 Å². The van der Waals surface area contributed by atoms with Gasteiger partial charge < -0.3 is 4.43 Å². The molecule has 0 aromatic rings. The van der Waals surface area contributed by atoms with Crippen LogP contribution in [-0.4, -0.2) is 14.9 Å². The average Bonchev–Trinajstić information content (AvgIpc) is 2.06. The quantitative estimate of drug-likeness (QED) is 0.482. The van der Waals surface area contributed by atoms with E-state index in [0.29, 0.717) is 0 Å². The summed E-state index contributed by atoms with van der Waals surface area (Å²) >= 11 is 0. The summed E-state index contributed by atoms with van der Waals surface area (Å²) in [7, 11) is -1.17. The highest BCUT2D eigenvalue weighted by Crippen LogP contribution is 2.29. The lowest BCUT2D eigenvalue weighted by Crippen LogP contribution is -2.36. The van der Waals surface area contributed by atoms with E-state index in [2.05, 4.69) is 13.5 Å². The van der Waals surface area contributed by atoms with Crippen LogP contribution >= 0.6 is 0 Å². The molecule has 1 fully saturated rings. The van der Waals surface area contributed by atoms with Crippen molar-refractivity contribution < 1.29 is 4.43 Å². The highest BCUT2D eigenvalue weighted by atomic mass is 28.4. The minimum Gasteiger partial charge on any atom is -0.417 e. The molecular formula is C10H22OSi. The number of hydrogen-bond donors (Lipinski definition) is 0. The smallest absolute Gasteiger partial charge is 0.189 e. The third-order valence-corrected chi connectivity index (χ3v) is 6.58. The predicted molar refractivity (Wildman–Crippen MR) is 55.9 cm³/mol. The Morgan fingerprint density at radius 3 is 2.42 bits per heavy atom. The number of rotatable bonds is 4. The average molecular weight is 186 g/mol. The van der Waals surface area contributed by atoms with Gasteiger partial charge >= 0.3 is 0 Å². The van der Waals surface area contributed by atoms with Crippen LogP contribution in [0.15, 0.2) is 0 Å². The van der Waals surface area contributed by atoms with Crippen LogP contribution in [0.2, 0.25) is 18.6 Å². The molecule has 0 aliphatic carbocycles. The van der Waals surface area contributed by atoms with Crippen molar-refractivity contribution in [2.75, 3.05) is 6.61 Å². The number of hydrogen-bond acceptors (Lipinski definition) is 1. The summed E-state index contributed by atoms with van der Waals surface area (Å²) in [6.45, 7) is 5.68. The number of unbranched alkanes of at least 4 members (excludes halogenated alkanes) is 1. The lowest BCUT2D eigenvalue weighted by molar-refractivity contribution is 0.288. The first kappa shape index (κ1) is 10.3. The first-order chi connectivity index (χ1) is 5.77. The SMILES string of the molecule is CCCCO[Si]1(C)CCCCC1. The molecule has 0 saturated carbocycles. The van der Waals surface area contributed by atoms with Crippen LogP contribution in [0.25, 0.3) is 0 Å². The standard InChI is InChI=1S/C10H22OSi/c1-3-4-8-11-12(2)9-6-5-7-10-12/h3-10H2,1-2H3. The van der Waals surface area contributed by atoms with E-state index in [1.54, 1.807) is 0 Å². The van der Waals surface area contributed by atoms with Crippen molar-refractivity contribution in [2.45, 2.75) is 57.7 Å². The summed E-state index contributed by atoms with van der Waals surface area (Å²) < 4.78 is 6.05. The molecule has 0 atom stereocenters. The van der Waals surface area contributed by atoms with Crippen LogP contribution in [0.3, 0.4) is 0 Å². The van der Waals surface area contributed by atoms with E-state index in [1.807, 2.05) is 0 Å². The molecule has 72 valence electrons. The predicted octanol–water partition coefficient (Wildman–Crippen LogP) is 3.56. The van der Waals surface area contributed by atoms with E-state index in [0.717, 1.165) is 6.61 Å². The van der Waals surface area contributed by atoms with Gasteiger partial charge in [-0.2, -0.15) is 0 Å². The lowest BCUT2D eigenvalue weighted by Gasteiger charge is -2.31. The summed E-state index contributed by atoms with van der Waals surface area (Å²) in [5.41, 5.74) is 0. The molecule has 0 aromatic carbocycles. The van der Waals surface area contributed by atoms with Gasteiger partial charge in [0.2, 0.25) is 0 Å². The van der Waals surface area contributed by atoms with Crippen LogP contribution in [0.4, 0.5) is 0 Å². The molecule has 1 aliphatic rings. The maximum Gasteiger partial charge on any atom is 0.189 e. The van der Waals surface area contributed by atoms with E-state index in [1.165, 1.54) is 44.2 Å². The van der Waals surface area contributed by atoms with Gasteiger partial charge in [0, 0.05) is 6.61 Å². The van der Waals surface area contributed by atoms with Crippen molar-refractivity contribution in [3.05, 3.63) is 0 Å². The summed E-state index contributed by atoms with van der Waals surface area (Å²) in [5, 5.41) is 0. The fraction of sp³-hybridized carbons (Fsp3) is 1.00. The molecule has 1 nitrogen and oxygen atoms in total. The van der Waals surface area contributed by atoms with E-state index >= 15 is 0 Å². The molecular weight excluding hydrogens is 164 g/mol. The van der Waals surface area contributed by atoms with Gasteiger partial charge in [-0.25, -0.2) is 0 Å². The maximum absolute atomic E-state index is 6.05. The Labute approximate surface area is 77.6 Å². The van der Waals surface area contributed by atoms with Gasteiger partial charge in [-0.1, -0.05) is 32.6 Å².